The Kier molecular flexibility index (Phi) is 10.4. The number of carboxylic acids is 1. The standard InChI is InChI=1S/C23H28N4O5S/c24-17(14-33)21(29)25-13-20(28)26-18(11-15-7-3-1-4-8-15)22(30)27-19(23(31)32)12-16-9-5-2-6-10-16/h1-10,17-19,33H,11-14,24H2,(H,25,29)(H,26,28)(H,27,30)(H,31,32). The third-order valence-corrected chi connectivity index (χ3v) is 5.18. The summed E-state index contributed by atoms with van der Waals surface area (Å²) >= 11 is 3.93. The van der Waals surface area contributed by atoms with Gasteiger partial charge >= 0.3 is 5.97 Å². The lowest BCUT2D eigenvalue weighted by atomic mass is 10.0. The Balaban J connectivity index is 2.09. The predicted octanol–water partition coefficient (Wildman–Crippen LogP) is -0.101. The zero-order chi connectivity index (χ0) is 24.2. The van der Waals surface area contributed by atoms with Crippen molar-refractivity contribution in [3.05, 3.63) is 71.8 Å². The van der Waals surface area contributed by atoms with Gasteiger partial charge in [0.2, 0.25) is 17.7 Å². The Morgan fingerprint density at radius 3 is 1.82 bits per heavy atom. The SMILES string of the molecule is NC(CS)C(=O)NCC(=O)NC(Cc1ccccc1)C(=O)NC(Cc1ccccc1)C(=O)O. The summed E-state index contributed by atoms with van der Waals surface area (Å²) in [6.45, 7) is -0.384. The summed E-state index contributed by atoms with van der Waals surface area (Å²) in [5, 5.41) is 17.1. The van der Waals surface area contributed by atoms with Crippen LogP contribution in [0.15, 0.2) is 60.7 Å². The first-order valence-corrected chi connectivity index (χ1v) is 11.0. The van der Waals surface area contributed by atoms with E-state index in [0.29, 0.717) is 0 Å². The van der Waals surface area contributed by atoms with E-state index in [-0.39, 0.29) is 25.1 Å². The first-order valence-electron chi connectivity index (χ1n) is 10.3. The lowest BCUT2D eigenvalue weighted by Crippen LogP contribution is -2.55. The van der Waals surface area contributed by atoms with Crippen LogP contribution in [0.5, 0.6) is 0 Å². The molecule has 0 bridgehead atoms. The van der Waals surface area contributed by atoms with Crippen LogP contribution in [0.3, 0.4) is 0 Å². The van der Waals surface area contributed by atoms with Crippen molar-refractivity contribution in [2.24, 2.45) is 5.73 Å². The van der Waals surface area contributed by atoms with E-state index in [4.69, 9.17) is 5.73 Å². The molecule has 176 valence electrons. The summed E-state index contributed by atoms with van der Waals surface area (Å²) < 4.78 is 0. The molecule has 0 aliphatic heterocycles. The molecule has 3 unspecified atom stereocenters. The van der Waals surface area contributed by atoms with Crippen molar-refractivity contribution < 1.29 is 24.3 Å². The lowest BCUT2D eigenvalue weighted by Gasteiger charge is -2.22. The van der Waals surface area contributed by atoms with E-state index in [0.717, 1.165) is 11.1 Å². The van der Waals surface area contributed by atoms with Gasteiger partial charge in [0.1, 0.15) is 12.1 Å². The van der Waals surface area contributed by atoms with E-state index < -0.39 is 41.8 Å². The Morgan fingerprint density at radius 2 is 1.33 bits per heavy atom. The summed E-state index contributed by atoms with van der Waals surface area (Å²) in [6, 6.07) is 14.8. The van der Waals surface area contributed by atoms with E-state index in [9.17, 15) is 24.3 Å². The summed E-state index contributed by atoms with van der Waals surface area (Å²) in [6.07, 6.45) is 0.228. The Labute approximate surface area is 197 Å². The van der Waals surface area contributed by atoms with Gasteiger partial charge in [0.05, 0.1) is 12.6 Å². The first kappa shape index (κ1) is 25.9. The number of nitrogens with one attached hydrogen (secondary N) is 3. The summed E-state index contributed by atoms with van der Waals surface area (Å²) in [4.78, 5) is 48.9. The largest absolute Gasteiger partial charge is 0.480 e. The molecule has 0 aliphatic carbocycles. The fourth-order valence-corrected chi connectivity index (χ4v) is 3.17. The number of carboxylic acid groups (broad SMARTS) is 1. The number of hydrogen-bond donors (Lipinski definition) is 6. The van der Waals surface area contributed by atoms with Crippen LogP contribution in [0.25, 0.3) is 0 Å². The van der Waals surface area contributed by atoms with Gasteiger partial charge in [-0.3, -0.25) is 14.4 Å². The smallest absolute Gasteiger partial charge is 0.326 e. The van der Waals surface area contributed by atoms with Gasteiger partial charge in [-0.2, -0.15) is 12.6 Å². The average Bonchev–Trinajstić information content (AvgIpc) is 2.82. The predicted molar refractivity (Wildman–Crippen MR) is 127 cm³/mol. The molecule has 0 heterocycles. The summed E-state index contributed by atoms with van der Waals surface area (Å²) in [5.41, 5.74) is 7.08. The van der Waals surface area contributed by atoms with Crippen molar-refractivity contribution in [2.45, 2.75) is 31.0 Å². The van der Waals surface area contributed by atoms with Crippen molar-refractivity contribution in [1.82, 2.24) is 16.0 Å². The van der Waals surface area contributed by atoms with Crippen LogP contribution in [-0.2, 0) is 32.0 Å². The highest BCUT2D eigenvalue weighted by Crippen LogP contribution is 2.07. The molecule has 10 heteroatoms. The molecule has 0 spiro atoms. The number of hydrogen-bond acceptors (Lipinski definition) is 6. The van der Waals surface area contributed by atoms with Gasteiger partial charge in [0, 0.05) is 18.6 Å². The van der Waals surface area contributed by atoms with Gasteiger partial charge in [0.25, 0.3) is 0 Å². The van der Waals surface area contributed by atoms with Gasteiger partial charge in [-0.15, -0.1) is 0 Å². The van der Waals surface area contributed by atoms with Crippen molar-refractivity contribution in [2.75, 3.05) is 12.3 Å². The van der Waals surface area contributed by atoms with Gasteiger partial charge in [-0.25, -0.2) is 4.79 Å². The summed E-state index contributed by atoms with van der Waals surface area (Å²) in [7, 11) is 0. The molecule has 0 saturated heterocycles. The Hall–Kier alpha value is -3.37. The Bertz CT molecular complexity index is 942. The summed E-state index contributed by atoms with van der Waals surface area (Å²) in [5.74, 6) is -2.87. The minimum atomic E-state index is -1.19. The maximum atomic E-state index is 13.0. The van der Waals surface area contributed by atoms with Gasteiger partial charge in [-0.05, 0) is 11.1 Å². The molecular formula is C23H28N4O5S. The van der Waals surface area contributed by atoms with Gasteiger partial charge in [0.15, 0.2) is 0 Å². The molecule has 9 nitrogen and oxygen atoms in total. The van der Waals surface area contributed by atoms with Crippen molar-refractivity contribution >= 4 is 36.3 Å². The lowest BCUT2D eigenvalue weighted by molar-refractivity contribution is -0.142. The third-order valence-electron chi connectivity index (χ3n) is 4.79. The number of nitrogens with two attached hydrogens (primary N) is 1. The molecule has 6 N–H and O–H groups in total. The third kappa shape index (κ3) is 8.95. The average molecular weight is 473 g/mol. The maximum Gasteiger partial charge on any atom is 0.326 e. The molecule has 2 rings (SSSR count). The van der Waals surface area contributed by atoms with Crippen molar-refractivity contribution in [3.8, 4) is 0 Å². The molecule has 3 amide bonds. The van der Waals surface area contributed by atoms with Gasteiger partial charge in [-0.1, -0.05) is 60.7 Å². The van der Waals surface area contributed by atoms with Crippen LogP contribution in [-0.4, -0.2) is 59.2 Å². The molecule has 0 aliphatic rings. The minimum Gasteiger partial charge on any atom is -0.480 e. The number of rotatable bonds is 12. The van der Waals surface area contributed by atoms with Crippen LogP contribution < -0.4 is 21.7 Å². The van der Waals surface area contributed by atoms with E-state index in [1.54, 1.807) is 48.5 Å². The first-order chi connectivity index (χ1) is 15.8. The van der Waals surface area contributed by atoms with Gasteiger partial charge < -0.3 is 26.8 Å². The second-order valence-corrected chi connectivity index (χ2v) is 7.77. The molecule has 2 aromatic rings. The number of amides is 3. The zero-order valence-corrected chi connectivity index (χ0v) is 18.8. The second-order valence-electron chi connectivity index (χ2n) is 7.41. The fourth-order valence-electron chi connectivity index (χ4n) is 3.01. The number of carbonyl (C=O) groups is 4. The van der Waals surface area contributed by atoms with Crippen molar-refractivity contribution in [3.63, 3.8) is 0 Å². The van der Waals surface area contributed by atoms with Crippen molar-refractivity contribution in [1.29, 1.82) is 0 Å². The highest BCUT2D eigenvalue weighted by atomic mass is 32.1. The van der Waals surface area contributed by atoms with Crippen LogP contribution in [0, 0.1) is 0 Å². The maximum absolute atomic E-state index is 13.0. The number of benzene rings is 2. The normalized spacial score (nSPS) is 13.3. The molecule has 0 radical (unpaired) electrons. The van der Waals surface area contributed by atoms with Crippen LogP contribution in [0.1, 0.15) is 11.1 Å². The highest BCUT2D eigenvalue weighted by Gasteiger charge is 2.27. The molecule has 3 atom stereocenters. The monoisotopic (exact) mass is 472 g/mol. The molecule has 2 aromatic carbocycles. The number of thiol groups is 1. The van der Waals surface area contributed by atoms with E-state index >= 15 is 0 Å². The topological polar surface area (TPSA) is 151 Å². The highest BCUT2D eigenvalue weighted by molar-refractivity contribution is 7.80. The minimum absolute atomic E-state index is 0.0889. The molecule has 0 fully saturated rings. The quantitative estimate of drug-likeness (QED) is 0.238. The second kappa shape index (κ2) is 13.2. The molecule has 33 heavy (non-hydrogen) atoms. The van der Waals surface area contributed by atoms with E-state index in [1.807, 2.05) is 12.1 Å². The fraction of sp³-hybridized carbons (Fsp3) is 0.304. The number of carbonyl (C=O) groups excluding carboxylic acids is 3. The number of aliphatic carboxylic acids is 1. The van der Waals surface area contributed by atoms with Crippen LogP contribution in [0.4, 0.5) is 0 Å². The van der Waals surface area contributed by atoms with Crippen LogP contribution in [0.2, 0.25) is 0 Å². The zero-order valence-electron chi connectivity index (χ0n) is 17.9. The Morgan fingerprint density at radius 1 is 0.818 bits per heavy atom. The van der Waals surface area contributed by atoms with E-state index in [2.05, 4.69) is 28.6 Å². The van der Waals surface area contributed by atoms with E-state index in [1.165, 1.54) is 0 Å². The molecule has 0 saturated carbocycles. The molecule has 0 aromatic heterocycles. The van der Waals surface area contributed by atoms with Crippen LogP contribution >= 0.6 is 12.6 Å². The molecular weight excluding hydrogens is 444 g/mol.